The summed E-state index contributed by atoms with van der Waals surface area (Å²) in [5, 5.41) is 0.634. The predicted octanol–water partition coefficient (Wildman–Crippen LogP) is 3.29. The van der Waals surface area contributed by atoms with Crippen LogP contribution in [0.5, 0.6) is 0 Å². The Kier molecular flexibility index (Phi) is 3.75. The number of halogens is 1. The van der Waals surface area contributed by atoms with Crippen molar-refractivity contribution in [2.75, 3.05) is 0 Å². The lowest BCUT2D eigenvalue weighted by Gasteiger charge is -2.10. The van der Waals surface area contributed by atoms with E-state index in [0.717, 1.165) is 22.5 Å². The van der Waals surface area contributed by atoms with Gasteiger partial charge in [-0.2, -0.15) is 4.98 Å². The highest BCUT2D eigenvalue weighted by atomic mass is 35.5. The molecule has 0 aliphatic rings. The molecule has 2 aromatic carbocycles. The van der Waals surface area contributed by atoms with Crippen LogP contribution in [0.25, 0.3) is 33.9 Å². The molecule has 0 fully saturated rings. The highest BCUT2D eigenvalue weighted by molar-refractivity contribution is 6.31. The van der Waals surface area contributed by atoms with Crippen LogP contribution in [0.2, 0.25) is 5.02 Å². The van der Waals surface area contributed by atoms with Crippen molar-refractivity contribution < 1.29 is 0 Å². The molecular weight excluding hydrogens is 390 g/mol. The van der Waals surface area contributed by atoms with Crippen molar-refractivity contribution in [2.24, 2.45) is 7.05 Å². The normalized spacial score (nSPS) is 11.6. The van der Waals surface area contributed by atoms with Crippen molar-refractivity contribution >= 4 is 28.5 Å². The lowest BCUT2D eigenvalue weighted by atomic mass is 10.1. The van der Waals surface area contributed by atoms with Gasteiger partial charge in [0, 0.05) is 23.8 Å². The molecular formula is C21H16ClN5O2. The highest BCUT2D eigenvalue weighted by Crippen LogP contribution is 2.30. The fourth-order valence-corrected chi connectivity index (χ4v) is 3.72. The molecule has 0 aliphatic carbocycles. The lowest BCUT2D eigenvalue weighted by Crippen LogP contribution is -2.28. The number of H-pyrrole nitrogens is 1. The van der Waals surface area contributed by atoms with E-state index in [1.54, 1.807) is 11.4 Å². The Morgan fingerprint density at radius 3 is 2.55 bits per heavy atom. The first-order valence-corrected chi connectivity index (χ1v) is 9.38. The van der Waals surface area contributed by atoms with E-state index in [1.165, 1.54) is 4.57 Å². The summed E-state index contributed by atoms with van der Waals surface area (Å²) in [7, 11) is 1.58. The summed E-state index contributed by atoms with van der Waals surface area (Å²) >= 11 is 6.39. The average molecular weight is 406 g/mol. The maximum atomic E-state index is 12.6. The number of hydrogen-bond acceptors (Lipinski definition) is 3. The Balaban J connectivity index is 1.96. The van der Waals surface area contributed by atoms with Crippen molar-refractivity contribution in [2.45, 2.75) is 6.92 Å². The van der Waals surface area contributed by atoms with E-state index in [4.69, 9.17) is 11.6 Å². The Morgan fingerprint density at radius 1 is 1.07 bits per heavy atom. The number of rotatable bonds is 2. The minimum atomic E-state index is -0.503. The van der Waals surface area contributed by atoms with Gasteiger partial charge in [-0.1, -0.05) is 48.0 Å². The van der Waals surface area contributed by atoms with E-state index >= 15 is 0 Å². The van der Waals surface area contributed by atoms with Crippen LogP contribution in [0.1, 0.15) is 5.56 Å². The van der Waals surface area contributed by atoms with Gasteiger partial charge in [-0.25, -0.2) is 4.79 Å². The summed E-state index contributed by atoms with van der Waals surface area (Å²) in [4.78, 5) is 31.6. The van der Waals surface area contributed by atoms with Gasteiger partial charge >= 0.3 is 5.69 Å². The van der Waals surface area contributed by atoms with E-state index in [0.29, 0.717) is 22.0 Å². The summed E-state index contributed by atoms with van der Waals surface area (Å²) in [6.45, 7) is 1.94. The van der Waals surface area contributed by atoms with E-state index in [-0.39, 0.29) is 0 Å². The minimum absolute atomic E-state index is 0.316. The Morgan fingerprint density at radius 2 is 1.83 bits per heavy atom. The van der Waals surface area contributed by atoms with Gasteiger partial charge < -0.3 is 0 Å². The lowest BCUT2D eigenvalue weighted by molar-refractivity contribution is 0.831. The molecule has 29 heavy (non-hydrogen) atoms. The largest absolute Gasteiger partial charge is 0.329 e. The number of hydrogen-bond donors (Lipinski definition) is 1. The zero-order valence-electron chi connectivity index (χ0n) is 15.7. The monoisotopic (exact) mass is 405 g/mol. The molecule has 0 atom stereocenters. The Labute approximate surface area is 169 Å². The third-order valence-electron chi connectivity index (χ3n) is 5.11. The second-order valence-electron chi connectivity index (χ2n) is 6.92. The average Bonchev–Trinajstić information content (AvgIpc) is 3.25. The van der Waals surface area contributed by atoms with Crippen LogP contribution in [0.4, 0.5) is 0 Å². The number of imidazole rings is 2. The molecule has 0 amide bonds. The molecule has 7 nitrogen and oxygen atoms in total. The second-order valence-corrected chi connectivity index (χ2v) is 7.33. The molecule has 1 N–H and O–H groups in total. The van der Waals surface area contributed by atoms with Gasteiger partial charge in [0.15, 0.2) is 11.2 Å². The topological polar surface area (TPSA) is 77.1 Å². The van der Waals surface area contributed by atoms with Crippen molar-refractivity contribution in [3.8, 4) is 16.9 Å². The number of aromatic nitrogens is 5. The predicted molar refractivity (Wildman–Crippen MR) is 113 cm³/mol. The number of nitrogens with zero attached hydrogens (tertiary/aromatic N) is 4. The van der Waals surface area contributed by atoms with Gasteiger partial charge in [0.05, 0.1) is 11.4 Å². The van der Waals surface area contributed by atoms with Gasteiger partial charge in [-0.05, 0) is 24.6 Å². The van der Waals surface area contributed by atoms with Crippen LogP contribution < -0.4 is 11.2 Å². The van der Waals surface area contributed by atoms with Crippen molar-refractivity contribution in [3.63, 3.8) is 0 Å². The molecule has 3 heterocycles. The summed E-state index contributed by atoms with van der Waals surface area (Å²) in [5.74, 6) is 0.519. The van der Waals surface area contributed by atoms with Gasteiger partial charge in [-0.3, -0.25) is 23.3 Å². The summed E-state index contributed by atoms with van der Waals surface area (Å²) < 4.78 is 4.98. The Bertz CT molecular complexity index is 1520. The third kappa shape index (κ3) is 2.55. The first-order valence-electron chi connectivity index (χ1n) is 9.00. The van der Waals surface area contributed by atoms with Crippen LogP contribution in [0.3, 0.4) is 0 Å². The fraction of sp³-hybridized carbons (Fsp3) is 0.0952. The van der Waals surface area contributed by atoms with E-state index < -0.39 is 11.2 Å². The van der Waals surface area contributed by atoms with Crippen molar-refractivity contribution in [1.82, 2.24) is 23.5 Å². The molecule has 0 spiro atoms. The molecule has 0 unspecified atom stereocenters. The quantitative estimate of drug-likeness (QED) is 0.489. The highest BCUT2D eigenvalue weighted by Gasteiger charge is 2.20. The van der Waals surface area contributed by atoms with Crippen molar-refractivity contribution in [3.05, 3.63) is 86.2 Å². The zero-order chi connectivity index (χ0) is 20.3. The summed E-state index contributed by atoms with van der Waals surface area (Å²) in [5.41, 5.74) is 3.24. The standard InChI is InChI=1S/C21H16ClN5O2/c1-12-8-9-14(10-15(12)22)27-16(13-6-4-3-5-7-13)11-26-17-18(23-20(26)27)25(2)21(29)24-19(17)28/h3-11H,1-2H3,(H,24,28,29). The van der Waals surface area contributed by atoms with Crippen molar-refractivity contribution in [1.29, 1.82) is 0 Å². The molecule has 5 rings (SSSR count). The minimum Gasteiger partial charge on any atom is -0.279 e. The molecule has 8 heteroatoms. The molecule has 3 aromatic heterocycles. The van der Waals surface area contributed by atoms with E-state index in [1.807, 2.05) is 66.2 Å². The maximum absolute atomic E-state index is 12.6. The van der Waals surface area contributed by atoms with Gasteiger partial charge in [0.2, 0.25) is 5.78 Å². The fourth-order valence-electron chi connectivity index (χ4n) is 3.55. The zero-order valence-corrected chi connectivity index (χ0v) is 16.4. The summed E-state index contributed by atoms with van der Waals surface area (Å²) in [6, 6.07) is 15.6. The molecule has 5 aromatic rings. The second kappa shape index (κ2) is 6.22. The van der Waals surface area contributed by atoms with E-state index in [9.17, 15) is 9.59 Å². The Hall–Kier alpha value is -3.58. The first-order chi connectivity index (χ1) is 14.0. The summed E-state index contributed by atoms with van der Waals surface area (Å²) in [6.07, 6.45) is 1.85. The molecule has 0 aliphatic heterocycles. The third-order valence-corrected chi connectivity index (χ3v) is 5.51. The van der Waals surface area contributed by atoms with Crippen LogP contribution in [0, 0.1) is 6.92 Å². The van der Waals surface area contributed by atoms with Crippen LogP contribution in [0.15, 0.2) is 64.3 Å². The molecule has 0 radical (unpaired) electrons. The smallest absolute Gasteiger partial charge is 0.279 e. The number of nitrogens with one attached hydrogen (secondary N) is 1. The molecule has 0 saturated carbocycles. The number of benzene rings is 2. The van der Waals surface area contributed by atoms with Gasteiger partial charge in [0.25, 0.3) is 5.56 Å². The molecule has 0 bridgehead atoms. The van der Waals surface area contributed by atoms with Crippen LogP contribution in [-0.4, -0.2) is 23.5 Å². The van der Waals surface area contributed by atoms with Gasteiger partial charge in [-0.15, -0.1) is 0 Å². The molecule has 144 valence electrons. The SMILES string of the molecule is Cc1ccc(-n2c(-c3ccccc3)cn3c4c(=O)[nH]c(=O)n(C)c4nc23)cc1Cl. The van der Waals surface area contributed by atoms with Gasteiger partial charge in [0.1, 0.15) is 0 Å². The van der Waals surface area contributed by atoms with Crippen LogP contribution >= 0.6 is 11.6 Å². The number of aryl methyl sites for hydroxylation is 2. The van der Waals surface area contributed by atoms with E-state index in [2.05, 4.69) is 9.97 Å². The molecule has 0 saturated heterocycles. The van der Waals surface area contributed by atoms with Crippen LogP contribution in [-0.2, 0) is 7.05 Å². The maximum Gasteiger partial charge on any atom is 0.329 e. The number of fused-ring (bicyclic) bond motifs is 3. The number of aromatic amines is 1. The first kappa shape index (κ1) is 17.5.